The molecule has 0 spiro atoms. The van der Waals surface area contributed by atoms with Crippen LogP contribution in [0.15, 0.2) is 0 Å². The molecule has 0 aliphatic heterocycles. The van der Waals surface area contributed by atoms with E-state index in [0.29, 0.717) is 6.61 Å². The van der Waals surface area contributed by atoms with Crippen LogP contribution >= 0.6 is 0 Å². The molecule has 92 valence electrons. The zero-order chi connectivity index (χ0) is 12.8. The highest BCUT2D eigenvalue weighted by Gasteiger charge is 2.33. The van der Waals surface area contributed by atoms with Gasteiger partial charge in [-0.3, -0.25) is 0 Å². The lowest BCUT2D eigenvalue weighted by Crippen LogP contribution is -2.35. The molecule has 0 radical (unpaired) electrons. The second-order valence-electron chi connectivity index (χ2n) is 5.15. The van der Waals surface area contributed by atoms with E-state index in [-0.39, 0.29) is 11.6 Å². The molecule has 16 heavy (non-hydrogen) atoms. The van der Waals surface area contributed by atoms with Gasteiger partial charge in [0.15, 0.2) is 6.61 Å². The fraction of sp³-hybridized carbons (Fsp3) is 0.750. The molecule has 0 saturated carbocycles. The summed E-state index contributed by atoms with van der Waals surface area (Å²) in [5.74, 6) is 2.91. The Kier molecular flexibility index (Phi) is 5.60. The van der Waals surface area contributed by atoms with Gasteiger partial charge in [-0.1, -0.05) is 39.8 Å². The minimum Gasteiger partial charge on any atom is -0.435 e. The van der Waals surface area contributed by atoms with Gasteiger partial charge in [0.25, 0.3) is 0 Å². The van der Waals surface area contributed by atoms with Gasteiger partial charge in [-0.05, 0) is 12.0 Å². The molecule has 4 heteroatoms. The highest BCUT2D eigenvalue weighted by Crippen LogP contribution is 2.34. The van der Waals surface area contributed by atoms with E-state index in [1.165, 1.54) is 0 Å². The van der Waals surface area contributed by atoms with Gasteiger partial charge in [0, 0.05) is 0 Å². The molecule has 0 saturated heterocycles. The van der Waals surface area contributed by atoms with Gasteiger partial charge in [-0.15, -0.1) is 5.54 Å². The maximum absolute atomic E-state index is 10.9. The van der Waals surface area contributed by atoms with Crippen LogP contribution in [0.1, 0.15) is 27.7 Å². The molecule has 3 nitrogen and oxygen atoms in total. The summed E-state index contributed by atoms with van der Waals surface area (Å²) < 4.78 is 9.40. The third-order valence-electron chi connectivity index (χ3n) is 2.80. The highest BCUT2D eigenvalue weighted by molar-refractivity contribution is 6.87. The third kappa shape index (κ3) is 5.22. The van der Waals surface area contributed by atoms with Gasteiger partial charge in [-0.2, -0.15) is 0 Å². The Morgan fingerprint density at radius 3 is 2.25 bits per heavy atom. The Morgan fingerprint density at radius 2 is 1.81 bits per heavy atom. The molecule has 0 N–H and O–H groups in total. The topological polar surface area (TPSA) is 35.5 Å². The van der Waals surface area contributed by atoms with Gasteiger partial charge in [0.2, 0.25) is 0 Å². The first-order chi connectivity index (χ1) is 7.20. The van der Waals surface area contributed by atoms with Crippen LogP contribution in [-0.2, 0) is 9.47 Å². The molecule has 0 rings (SSSR count). The molecule has 0 heterocycles. The molecular formula is C12H22O3Si. The number of rotatable bonds is 2. The van der Waals surface area contributed by atoms with E-state index in [9.17, 15) is 4.79 Å². The van der Waals surface area contributed by atoms with Gasteiger partial charge >= 0.3 is 6.16 Å². The second-order valence-corrected chi connectivity index (χ2v) is 10.1. The first-order valence-corrected chi connectivity index (χ1v) is 8.50. The zero-order valence-corrected chi connectivity index (χ0v) is 12.1. The van der Waals surface area contributed by atoms with Crippen molar-refractivity contribution in [2.75, 3.05) is 13.2 Å². The van der Waals surface area contributed by atoms with Crippen molar-refractivity contribution in [3.63, 3.8) is 0 Å². The fourth-order valence-corrected chi connectivity index (χ4v) is 1.59. The molecule has 0 amide bonds. The van der Waals surface area contributed by atoms with E-state index in [4.69, 9.17) is 4.74 Å². The summed E-state index contributed by atoms with van der Waals surface area (Å²) in [6, 6.07) is 0. The summed E-state index contributed by atoms with van der Waals surface area (Å²) in [5.41, 5.74) is 3.25. The standard InChI is InChI=1S/C12H22O3Si/c1-7-14-11(13)15-9-8-10-16(5,6)12(2,3)4/h7,9H2,1-6H3. The SMILES string of the molecule is CCOC(=O)OCC#C[Si](C)(C)C(C)(C)C. The van der Waals surface area contributed by atoms with Crippen molar-refractivity contribution in [2.45, 2.75) is 45.8 Å². The van der Waals surface area contributed by atoms with Crippen LogP contribution < -0.4 is 0 Å². The Bertz CT molecular complexity index is 292. The summed E-state index contributed by atoms with van der Waals surface area (Å²) in [4.78, 5) is 10.9. The zero-order valence-electron chi connectivity index (χ0n) is 11.1. The van der Waals surface area contributed by atoms with E-state index in [1.807, 2.05) is 0 Å². The van der Waals surface area contributed by atoms with Crippen LogP contribution in [0.4, 0.5) is 4.79 Å². The van der Waals surface area contributed by atoms with Crippen LogP contribution in [0.25, 0.3) is 0 Å². The Labute approximate surface area is 99.5 Å². The molecule has 0 bridgehead atoms. The minimum atomic E-state index is -1.59. The van der Waals surface area contributed by atoms with Crippen LogP contribution in [0.2, 0.25) is 18.1 Å². The third-order valence-corrected chi connectivity index (χ3v) is 7.35. The largest absolute Gasteiger partial charge is 0.509 e. The molecule has 0 aromatic rings. The average Bonchev–Trinajstić information content (AvgIpc) is 2.11. The van der Waals surface area contributed by atoms with Crippen molar-refractivity contribution in [3.05, 3.63) is 0 Å². The number of carbonyl (C=O) groups is 1. The number of hydrogen-bond acceptors (Lipinski definition) is 3. The molecule has 0 aliphatic carbocycles. The molecular weight excluding hydrogens is 220 g/mol. The quantitative estimate of drug-likeness (QED) is 0.424. The van der Waals surface area contributed by atoms with Crippen LogP contribution in [-0.4, -0.2) is 27.4 Å². The minimum absolute atomic E-state index is 0.116. The lowest BCUT2D eigenvalue weighted by molar-refractivity contribution is 0.0687. The summed E-state index contributed by atoms with van der Waals surface area (Å²) in [6.07, 6.45) is -0.646. The number of ether oxygens (including phenoxy) is 2. The van der Waals surface area contributed by atoms with Gasteiger partial charge in [0.05, 0.1) is 6.61 Å². The first-order valence-electron chi connectivity index (χ1n) is 5.50. The number of hydrogen-bond donors (Lipinski definition) is 0. The normalized spacial score (nSPS) is 11.4. The number of carbonyl (C=O) groups excluding carboxylic acids is 1. The van der Waals surface area contributed by atoms with Crippen molar-refractivity contribution >= 4 is 14.2 Å². The van der Waals surface area contributed by atoms with Crippen molar-refractivity contribution < 1.29 is 14.3 Å². The van der Waals surface area contributed by atoms with Crippen molar-refractivity contribution in [2.24, 2.45) is 0 Å². The summed E-state index contributed by atoms with van der Waals surface area (Å²) >= 11 is 0. The predicted octanol–water partition coefficient (Wildman–Crippen LogP) is 3.21. The van der Waals surface area contributed by atoms with Gasteiger partial charge in [0.1, 0.15) is 8.07 Å². The maximum Gasteiger partial charge on any atom is 0.509 e. The van der Waals surface area contributed by atoms with Gasteiger partial charge in [-0.25, -0.2) is 4.79 Å². The monoisotopic (exact) mass is 242 g/mol. The van der Waals surface area contributed by atoms with E-state index in [2.05, 4.69) is 50.1 Å². The van der Waals surface area contributed by atoms with Crippen LogP contribution in [0, 0.1) is 11.5 Å². The van der Waals surface area contributed by atoms with E-state index in [0.717, 1.165) is 0 Å². The maximum atomic E-state index is 10.9. The molecule has 0 aromatic carbocycles. The average molecular weight is 242 g/mol. The smallest absolute Gasteiger partial charge is 0.435 e. The molecule has 0 aromatic heterocycles. The Hall–Kier alpha value is -0.953. The lowest BCUT2D eigenvalue weighted by Gasteiger charge is -2.31. The summed E-state index contributed by atoms with van der Waals surface area (Å²) in [5, 5.41) is 0.226. The fourth-order valence-electron chi connectivity index (χ4n) is 0.699. The van der Waals surface area contributed by atoms with Crippen molar-refractivity contribution in [1.82, 2.24) is 0 Å². The second kappa shape index (κ2) is 5.95. The van der Waals surface area contributed by atoms with Crippen molar-refractivity contribution in [3.8, 4) is 11.5 Å². The molecule has 0 aliphatic rings. The van der Waals surface area contributed by atoms with Crippen molar-refractivity contribution in [1.29, 1.82) is 0 Å². The molecule has 0 fully saturated rings. The predicted molar refractivity (Wildman–Crippen MR) is 67.9 cm³/mol. The Morgan fingerprint density at radius 1 is 1.25 bits per heavy atom. The van der Waals surface area contributed by atoms with E-state index >= 15 is 0 Å². The summed E-state index contributed by atoms with van der Waals surface area (Å²) in [6.45, 7) is 13.2. The van der Waals surface area contributed by atoms with Gasteiger partial charge < -0.3 is 9.47 Å². The van der Waals surface area contributed by atoms with E-state index in [1.54, 1.807) is 6.92 Å². The van der Waals surface area contributed by atoms with Crippen LogP contribution in [0.5, 0.6) is 0 Å². The molecule has 0 atom stereocenters. The summed E-state index contributed by atoms with van der Waals surface area (Å²) in [7, 11) is -1.59. The Balaban J connectivity index is 4.17. The lowest BCUT2D eigenvalue weighted by atomic mass is 10.2. The van der Waals surface area contributed by atoms with Crippen LogP contribution in [0.3, 0.4) is 0 Å². The molecule has 0 unspecified atom stereocenters. The first kappa shape index (κ1) is 15.0. The van der Waals surface area contributed by atoms with E-state index < -0.39 is 14.2 Å². The highest BCUT2D eigenvalue weighted by atomic mass is 28.3.